The summed E-state index contributed by atoms with van der Waals surface area (Å²) >= 11 is 1.90. The average Bonchev–Trinajstić information content (AvgIpc) is 3.60. The first kappa shape index (κ1) is 39.6. The Morgan fingerprint density at radius 3 is 2.39 bits per heavy atom. The molecule has 3 aliphatic rings. The van der Waals surface area contributed by atoms with E-state index in [1.54, 1.807) is 0 Å². The quantitative estimate of drug-likeness (QED) is 0.129. The van der Waals surface area contributed by atoms with Crippen LogP contribution in [0, 0.1) is 5.41 Å². The number of rotatable bonds is 8. The lowest BCUT2D eigenvalue weighted by molar-refractivity contribution is 0.332. The van der Waals surface area contributed by atoms with Crippen molar-refractivity contribution in [3.05, 3.63) is 156 Å². The van der Waals surface area contributed by atoms with Gasteiger partial charge >= 0.3 is 0 Å². The Morgan fingerprint density at radius 1 is 1.00 bits per heavy atom. The average molecular weight is 748 g/mol. The van der Waals surface area contributed by atoms with E-state index in [1.807, 2.05) is 17.4 Å². The van der Waals surface area contributed by atoms with Crippen molar-refractivity contribution in [2.45, 2.75) is 105 Å². The molecule has 1 aromatic heterocycles. The van der Waals surface area contributed by atoms with E-state index in [0.29, 0.717) is 0 Å². The van der Waals surface area contributed by atoms with Crippen LogP contribution in [-0.2, 0) is 10.8 Å². The van der Waals surface area contributed by atoms with Gasteiger partial charge in [0.2, 0.25) is 0 Å². The second kappa shape index (κ2) is 15.2. The minimum Gasteiger partial charge on any atom is -0.346 e. The minimum atomic E-state index is -1.61. The van der Waals surface area contributed by atoms with E-state index in [0.717, 1.165) is 12.1 Å². The molecule has 54 heavy (non-hydrogen) atoms. The van der Waals surface area contributed by atoms with Gasteiger partial charge in [0.1, 0.15) is 8.07 Å². The highest BCUT2D eigenvalue weighted by atomic mass is 32.1. The molecule has 1 unspecified atom stereocenters. The van der Waals surface area contributed by atoms with Gasteiger partial charge in [0, 0.05) is 33.9 Å². The van der Waals surface area contributed by atoms with E-state index < -0.39 is 8.07 Å². The molecule has 6 rings (SSSR count). The normalized spacial score (nSPS) is 22.1. The van der Waals surface area contributed by atoms with Crippen LogP contribution in [0.1, 0.15) is 91.3 Å². The molecule has 3 heterocycles. The molecule has 0 spiro atoms. The van der Waals surface area contributed by atoms with E-state index in [2.05, 4.69) is 208 Å². The van der Waals surface area contributed by atoms with E-state index in [1.165, 1.54) is 66.5 Å². The van der Waals surface area contributed by atoms with Gasteiger partial charge in [0.25, 0.3) is 0 Å². The van der Waals surface area contributed by atoms with Crippen LogP contribution in [0.4, 0.5) is 5.69 Å². The highest BCUT2D eigenvalue weighted by Gasteiger charge is 2.38. The molecule has 3 aromatic rings. The molecule has 0 saturated heterocycles. The molecule has 0 N–H and O–H groups in total. The second-order valence-electron chi connectivity index (χ2n) is 18.2. The lowest BCUT2D eigenvalue weighted by Gasteiger charge is -2.42. The van der Waals surface area contributed by atoms with Gasteiger partial charge in [-0.05, 0) is 105 Å². The summed E-state index contributed by atoms with van der Waals surface area (Å²) in [6.07, 6.45) is 27.4. The standard InChI is InChI=1S/C49H60BN2SSi/c1-13-20-38-25-30-51(37(14-2)22-19-26-47(4,5)6)35(3)33-50-46-45(40-31-41-42(32-43(40)53-46)49(9,10)28-27-48(41,7)8)52(38)29-18-17-21-36-34-54(11,12)44-24-16-15-23-39(36)44/h13-21,23-26,29-34,37H,1-2,22,27-28H2,3-12H3/b21-17-,26-19+,29-18+,30-25+,35-33-,38-20+. The van der Waals surface area contributed by atoms with Gasteiger partial charge in [0.05, 0.1) is 11.7 Å². The van der Waals surface area contributed by atoms with Crippen LogP contribution in [0.25, 0.3) is 15.7 Å². The van der Waals surface area contributed by atoms with Crippen molar-refractivity contribution in [3.63, 3.8) is 0 Å². The van der Waals surface area contributed by atoms with Gasteiger partial charge in [-0.15, -0.1) is 17.9 Å². The van der Waals surface area contributed by atoms with Crippen molar-refractivity contribution in [3.8, 4) is 0 Å². The molecule has 2 nitrogen and oxygen atoms in total. The van der Waals surface area contributed by atoms with Crippen LogP contribution in [-0.4, -0.2) is 26.3 Å². The Hall–Kier alpha value is -4.06. The summed E-state index contributed by atoms with van der Waals surface area (Å²) < 4.78 is 2.57. The fourth-order valence-electron chi connectivity index (χ4n) is 8.24. The summed E-state index contributed by atoms with van der Waals surface area (Å²) in [7, 11) is 0.722. The van der Waals surface area contributed by atoms with Gasteiger partial charge < -0.3 is 9.80 Å². The van der Waals surface area contributed by atoms with Gasteiger partial charge in [-0.25, -0.2) is 0 Å². The molecule has 5 heteroatoms. The van der Waals surface area contributed by atoms with E-state index in [4.69, 9.17) is 0 Å². The Morgan fingerprint density at radius 2 is 1.70 bits per heavy atom. The van der Waals surface area contributed by atoms with Crippen LogP contribution < -0.4 is 14.9 Å². The molecule has 279 valence electrons. The fourth-order valence-corrected chi connectivity index (χ4v) is 12.0. The Kier molecular flexibility index (Phi) is 11.2. The third-order valence-corrected chi connectivity index (χ3v) is 15.4. The number of hydrogen-bond acceptors (Lipinski definition) is 3. The molecule has 0 amide bonds. The monoisotopic (exact) mass is 747 g/mol. The van der Waals surface area contributed by atoms with Crippen LogP contribution in [0.2, 0.25) is 13.1 Å². The number of benzene rings is 2. The fraction of sp³-hybridized carbons (Fsp3) is 0.347. The number of nitrogens with zero attached hydrogens (tertiary/aromatic N) is 2. The zero-order valence-electron chi connectivity index (χ0n) is 34.5. The van der Waals surface area contributed by atoms with Crippen molar-refractivity contribution in [2.24, 2.45) is 5.41 Å². The van der Waals surface area contributed by atoms with Crippen molar-refractivity contribution in [1.82, 2.24) is 4.90 Å². The highest BCUT2D eigenvalue weighted by molar-refractivity contribution is 7.28. The predicted octanol–water partition coefficient (Wildman–Crippen LogP) is 12.3. The third-order valence-electron chi connectivity index (χ3n) is 11.5. The number of thiophene rings is 1. The number of anilines is 1. The lowest BCUT2D eigenvalue weighted by Crippen LogP contribution is -2.37. The van der Waals surface area contributed by atoms with Crippen LogP contribution in [0.3, 0.4) is 0 Å². The third kappa shape index (κ3) is 8.14. The zero-order valence-corrected chi connectivity index (χ0v) is 36.3. The Labute approximate surface area is 332 Å². The Balaban J connectivity index is 1.51. The maximum absolute atomic E-state index is 4.28. The molecule has 0 fully saturated rings. The molecule has 1 aliphatic carbocycles. The Bertz CT molecular complexity index is 2160. The first-order chi connectivity index (χ1) is 25.5. The molecule has 1 atom stereocenters. The first-order valence-electron chi connectivity index (χ1n) is 19.7. The smallest absolute Gasteiger partial charge is 0.200 e. The van der Waals surface area contributed by atoms with Crippen LogP contribution in [0.5, 0.6) is 0 Å². The number of allylic oxidation sites excluding steroid dienone is 9. The summed E-state index contributed by atoms with van der Waals surface area (Å²) in [5.41, 5.74) is 12.0. The highest BCUT2D eigenvalue weighted by Crippen LogP contribution is 2.49. The van der Waals surface area contributed by atoms with Gasteiger partial charge in [0.15, 0.2) is 7.28 Å². The largest absolute Gasteiger partial charge is 0.346 e. The first-order valence-corrected chi connectivity index (χ1v) is 23.5. The number of hydrogen-bond donors (Lipinski definition) is 0. The van der Waals surface area contributed by atoms with Crippen LogP contribution in [0.15, 0.2) is 140 Å². The van der Waals surface area contributed by atoms with E-state index in [-0.39, 0.29) is 22.3 Å². The van der Waals surface area contributed by atoms with Crippen LogP contribution >= 0.6 is 11.3 Å². The van der Waals surface area contributed by atoms with E-state index >= 15 is 0 Å². The van der Waals surface area contributed by atoms with Gasteiger partial charge in [-0.1, -0.05) is 141 Å². The molecule has 2 aliphatic heterocycles. The zero-order chi connectivity index (χ0) is 39.1. The molecular weight excluding hydrogens is 688 g/mol. The second-order valence-corrected chi connectivity index (χ2v) is 23.6. The maximum atomic E-state index is 4.28. The molecular formula is C49H60BN2SSi. The summed E-state index contributed by atoms with van der Waals surface area (Å²) in [6, 6.07) is 14.1. The summed E-state index contributed by atoms with van der Waals surface area (Å²) in [5.74, 6) is 2.29. The minimum absolute atomic E-state index is 0.106. The van der Waals surface area contributed by atoms with Crippen molar-refractivity contribution in [1.29, 1.82) is 0 Å². The van der Waals surface area contributed by atoms with Crippen molar-refractivity contribution in [2.75, 3.05) is 4.90 Å². The van der Waals surface area contributed by atoms with Crippen molar-refractivity contribution >= 4 is 58.0 Å². The molecule has 2 aromatic carbocycles. The van der Waals surface area contributed by atoms with E-state index in [9.17, 15) is 0 Å². The van der Waals surface area contributed by atoms with Gasteiger partial charge in [-0.3, -0.25) is 0 Å². The molecule has 1 radical (unpaired) electrons. The lowest BCUT2D eigenvalue weighted by atomic mass is 9.63. The maximum Gasteiger partial charge on any atom is 0.200 e. The summed E-state index contributed by atoms with van der Waals surface area (Å²) in [4.78, 5) is 4.73. The summed E-state index contributed by atoms with van der Waals surface area (Å²) in [5, 5.41) is 2.82. The molecule has 0 saturated carbocycles. The predicted molar refractivity (Wildman–Crippen MR) is 245 cm³/mol. The SMILES string of the molecule is C=C/C=C1\C=C\N(C(C=C)C/C=C/C(C)(C)C)/C(C)=C\[B]c2sc3cc4c(cc3c2N1/C=C/C=C\C1=C[Si](C)(C)c2ccccc21)C(C)(C)CCC4(C)C. The van der Waals surface area contributed by atoms with Crippen molar-refractivity contribution < 1.29 is 0 Å². The molecule has 0 bridgehead atoms. The number of fused-ring (bicyclic) bond motifs is 5. The topological polar surface area (TPSA) is 6.48 Å². The van der Waals surface area contributed by atoms with Gasteiger partial charge in [-0.2, -0.15) is 0 Å². The summed E-state index contributed by atoms with van der Waals surface area (Å²) in [6.45, 7) is 32.0.